The number of rotatable bonds is 5. The molecule has 0 aliphatic rings. The molecule has 0 unspecified atom stereocenters. The molecule has 0 aromatic carbocycles. The van der Waals surface area contributed by atoms with E-state index in [1.165, 1.54) is 0 Å². The molecule has 70 valence electrons. The standard InChI is InChI=1S/C8H12N4O/c9-7(13)2-5-10-6-8-11-3-1-4-12-8/h1,3-4,10H,2,5-6H2,(H2,9,13). The Bertz CT molecular complexity index is 262. The van der Waals surface area contributed by atoms with Crippen LogP contribution < -0.4 is 11.1 Å². The van der Waals surface area contributed by atoms with Crippen LogP contribution in [0.3, 0.4) is 0 Å². The molecule has 0 bridgehead atoms. The minimum absolute atomic E-state index is 0.304. The fourth-order valence-electron chi connectivity index (χ4n) is 0.833. The van der Waals surface area contributed by atoms with Gasteiger partial charge in [-0.25, -0.2) is 9.97 Å². The number of nitrogens with zero attached hydrogens (tertiary/aromatic N) is 2. The van der Waals surface area contributed by atoms with Gasteiger partial charge in [0.2, 0.25) is 5.91 Å². The molecule has 0 saturated heterocycles. The summed E-state index contributed by atoms with van der Waals surface area (Å²) in [5.41, 5.74) is 4.96. The SMILES string of the molecule is NC(=O)CCNCc1ncccn1. The molecule has 3 N–H and O–H groups in total. The number of amides is 1. The van der Waals surface area contributed by atoms with E-state index in [2.05, 4.69) is 15.3 Å². The smallest absolute Gasteiger partial charge is 0.218 e. The Hall–Kier alpha value is -1.49. The van der Waals surface area contributed by atoms with Gasteiger partial charge >= 0.3 is 0 Å². The Labute approximate surface area is 76.4 Å². The van der Waals surface area contributed by atoms with Gasteiger partial charge in [0.1, 0.15) is 5.82 Å². The van der Waals surface area contributed by atoms with Crippen LogP contribution >= 0.6 is 0 Å². The Morgan fingerprint density at radius 3 is 2.77 bits per heavy atom. The number of hydrogen-bond acceptors (Lipinski definition) is 4. The van der Waals surface area contributed by atoms with Crippen molar-refractivity contribution >= 4 is 5.91 Å². The topological polar surface area (TPSA) is 80.9 Å². The number of carbonyl (C=O) groups excluding carboxylic acids is 1. The minimum Gasteiger partial charge on any atom is -0.370 e. The van der Waals surface area contributed by atoms with E-state index in [9.17, 15) is 4.79 Å². The van der Waals surface area contributed by atoms with Gasteiger partial charge in [0.05, 0.1) is 6.54 Å². The first-order chi connectivity index (χ1) is 6.29. The maximum absolute atomic E-state index is 10.4. The number of nitrogens with one attached hydrogen (secondary N) is 1. The normalized spacial score (nSPS) is 9.85. The fourth-order valence-corrected chi connectivity index (χ4v) is 0.833. The maximum Gasteiger partial charge on any atom is 0.218 e. The summed E-state index contributed by atoms with van der Waals surface area (Å²) in [6, 6.07) is 1.76. The van der Waals surface area contributed by atoms with Gasteiger partial charge in [-0.3, -0.25) is 4.79 Å². The maximum atomic E-state index is 10.4. The largest absolute Gasteiger partial charge is 0.370 e. The van der Waals surface area contributed by atoms with Crippen molar-refractivity contribution in [1.82, 2.24) is 15.3 Å². The van der Waals surface area contributed by atoms with Gasteiger partial charge < -0.3 is 11.1 Å². The summed E-state index contributed by atoms with van der Waals surface area (Å²) in [5, 5.41) is 3.01. The highest BCUT2D eigenvalue weighted by molar-refractivity contribution is 5.73. The fraction of sp³-hybridized carbons (Fsp3) is 0.375. The summed E-state index contributed by atoms with van der Waals surface area (Å²) < 4.78 is 0. The van der Waals surface area contributed by atoms with Crippen LogP contribution in [0.25, 0.3) is 0 Å². The van der Waals surface area contributed by atoms with Crippen molar-refractivity contribution < 1.29 is 4.79 Å². The van der Waals surface area contributed by atoms with E-state index in [0.29, 0.717) is 25.3 Å². The first kappa shape index (κ1) is 9.60. The lowest BCUT2D eigenvalue weighted by molar-refractivity contribution is -0.117. The van der Waals surface area contributed by atoms with Crippen LogP contribution in [0.2, 0.25) is 0 Å². The highest BCUT2D eigenvalue weighted by atomic mass is 16.1. The third-order valence-corrected chi connectivity index (χ3v) is 1.45. The van der Waals surface area contributed by atoms with Gasteiger partial charge in [0.25, 0.3) is 0 Å². The predicted molar refractivity (Wildman–Crippen MR) is 47.6 cm³/mol. The lowest BCUT2D eigenvalue weighted by atomic mass is 10.4. The van der Waals surface area contributed by atoms with E-state index >= 15 is 0 Å². The van der Waals surface area contributed by atoms with E-state index < -0.39 is 0 Å². The van der Waals surface area contributed by atoms with Crippen LogP contribution in [-0.2, 0) is 11.3 Å². The molecule has 0 saturated carbocycles. The number of nitrogens with two attached hydrogens (primary N) is 1. The molecule has 0 aliphatic heterocycles. The Morgan fingerprint density at radius 1 is 1.46 bits per heavy atom. The zero-order chi connectivity index (χ0) is 9.52. The highest BCUT2D eigenvalue weighted by Crippen LogP contribution is 1.85. The summed E-state index contributed by atoms with van der Waals surface area (Å²) in [6.45, 7) is 1.13. The minimum atomic E-state index is -0.304. The van der Waals surface area contributed by atoms with Crippen molar-refractivity contribution in [1.29, 1.82) is 0 Å². The lowest BCUT2D eigenvalue weighted by Gasteiger charge is -2.00. The third-order valence-electron chi connectivity index (χ3n) is 1.45. The van der Waals surface area contributed by atoms with Crippen LogP contribution in [0, 0.1) is 0 Å². The highest BCUT2D eigenvalue weighted by Gasteiger charge is 1.95. The zero-order valence-electron chi connectivity index (χ0n) is 7.23. The van der Waals surface area contributed by atoms with Gasteiger partial charge in [-0.05, 0) is 6.07 Å². The monoisotopic (exact) mass is 180 g/mol. The van der Waals surface area contributed by atoms with Crippen LogP contribution in [0.4, 0.5) is 0 Å². The number of primary amides is 1. The molecule has 1 amide bonds. The summed E-state index contributed by atoms with van der Waals surface area (Å²) >= 11 is 0. The van der Waals surface area contributed by atoms with Gasteiger partial charge in [-0.1, -0.05) is 0 Å². The van der Waals surface area contributed by atoms with E-state index in [0.717, 1.165) is 0 Å². The number of hydrogen-bond donors (Lipinski definition) is 2. The van der Waals surface area contributed by atoms with Crippen LogP contribution in [0.5, 0.6) is 0 Å². The Kier molecular flexibility index (Phi) is 3.84. The Balaban J connectivity index is 2.17. The quantitative estimate of drug-likeness (QED) is 0.595. The molecule has 1 aromatic heterocycles. The second-order valence-electron chi connectivity index (χ2n) is 2.56. The molecule has 5 nitrogen and oxygen atoms in total. The van der Waals surface area contributed by atoms with E-state index in [1.54, 1.807) is 18.5 Å². The zero-order valence-corrected chi connectivity index (χ0v) is 7.23. The van der Waals surface area contributed by atoms with Crippen molar-refractivity contribution in [2.75, 3.05) is 6.54 Å². The van der Waals surface area contributed by atoms with Crippen molar-refractivity contribution in [3.63, 3.8) is 0 Å². The van der Waals surface area contributed by atoms with Crippen molar-refractivity contribution in [2.45, 2.75) is 13.0 Å². The molecule has 0 aliphatic carbocycles. The van der Waals surface area contributed by atoms with Gasteiger partial charge in [-0.2, -0.15) is 0 Å². The first-order valence-electron chi connectivity index (χ1n) is 4.04. The van der Waals surface area contributed by atoms with Crippen molar-refractivity contribution in [2.24, 2.45) is 5.73 Å². The molecule has 0 atom stereocenters. The van der Waals surface area contributed by atoms with E-state index in [1.807, 2.05) is 0 Å². The summed E-state index contributed by atoms with van der Waals surface area (Å²) in [4.78, 5) is 18.4. The molecule has 5 heteroatoms. The van der Waals surface area contributed by atoms with Gasteiger partial charge in [0.15, 0.2) is 0 Å². The average molecular weight is 180 g/mol. The molecule has 0 spiro atoms. The summed E-state index contributed by atoms with van der Waals surface area (Å²) in [6.07, 6.45) is 3.70. The molecule has 0 fully saturated rings. The second-order valence-corrected chi connectivity index (χ2v) is 2.56. The van der Waals surface area contributed by atoms with Crippen molar-refractivity contribution in [3.8, 4) is 0 Å². The van der Waals surface area contributed by atoms with E-state index in [4.69, 9.17) is 5.73 Å². The van der Waals surface area contributed by atoms with Crippen LogP contribution in [0.1, 0.15) is 12.2 Å². The predicted octanol–water partition coefficient (Wildman–Crippen LogP) is -0.558. The van der Waals surface area contributed by atoms with Crippen molar-refractivity contribution in [3.05, 3.63) is 24.3 Å². The number of carbonyl (C=O) groups is 1. The molecule has 1 heterocycles. The third kappa shape index (κ3) is 4.17. The van der Waals surface area contributed by atoms with Gasteiger partial charge in [-0.15, -0.1) is 0 Å². The molecular formula is C8H12N4O. The summed E-state index contributed by atoms with van der Waals surface area (Å²) in [5.74, 6) is 0.411. The lowest BCUT2D eigenvalue weighted by Crippen LogP contribution is -2.22. The molecule has 1 rings (SSSR count). The number of aromatic nitrogens is 2. The molecular weight excluding hydrogens is 168 g/mol. The van der Waals surface area contributed by atoms with Crippen LogP contribution in [-0.4, -0.2) is 22.4 Å². The molecule has 1 aromatic rings. The molecule has 0 radical (unpaired) electrons. The first-order valence-corrected chi connectivity index (χ1v) is 4.04. The summed E-state index contributed by atoms with van der Waals surface area (Å²) in [7, 11) is 0. The van der Waals surface area contributed by atoms with E-state index in [-0.39, 0.29) is 5.91 Å². The van der Waals surface area contributed by atoms with Gasteiger partial charge in [0, 0.05) is 25.4 Å². The van der Waals surface area contributed by atoms with Crippen LogP contribution in [0.15, 0.2) is 18.5 Å². The Morgan fingerprint density at radius 2 is 2.15 bits per heavy atom. The molecule has 13 heavy (non-hydrogen) atoms. The average Bonchev–Trinajstić information content (AvgIpc) is 2.14. The second kappa shape index (κ2) is 5.21.